The Morgan fingerprint density at radius 3 is 2.56 bits per heavy atom. The van der Waals surface area contributed by atoms with Crippen molar-refractivity contribution in [2.75, 3.05) is 31.8 Å². The highest BCUT2D eigenvalue weighted by atomic mass is 35.5. The number of epoxide rings is 1. The van der Waals surface area contributed by atoms with Crippen LogP contribution in [0.3, 0.4) is 0 Å². The smallest absolute Gasteiger partial charge is 0.409 e. The van der Waals surface area contributed by atoms with E-state index in [1.807, 2.05) is 13.8 Å². The number of anilines is 1. The van der Waals surface area contributed by atoms with Crippen molar-refractivity contribution in [2.24, 2.45) is 17.3 Å². The number of nitrogens with zero attached hydrogens (tertiary/aromatic N) is 2. The number of halogens is 1. The molecule has 15 nitrogen and oxygen atoms in total. The van der Waals surface area contributed by atoms with Crippen molar-refractivity contribution in [2.45, 2.75) is 121 Å². The van der Waals surface area contributed by atoms with Crippen LogP contribution in [0.4, 0.5) is 10.5 Å². The molecule has 3 heterocycles. The van der Waals surface area contributed by atoms with Gasteiger partial charge in [-0.1, -0.05) is 84.7 Å². The Morgan fingerprint density at radius 2 is 1.92 bits per heavy atom. The van der Waals surface area contributed by atoms with E-state index in [1.165, 1.54) is 47.7 Å². The summed E-state index contributed by atoms with van der Waals surface area (Å²) in [5, 5.41) is 16.9. The molecule has 4 amide bonds. The average molecular weight is 908 g/mol. The number of carbonyl (C=O) groups is 7. The second kappa shape index (κ2) is 20.5. The van der Waals surface area contributed by atoms with Gasteiger partial charge in [0.05, 0.1) is 34.6 Å². The van der Waals surface area contributed by atoms with E-state index >= 15 is 0 Å². The van der Waals surface area contributed by atoms with Crippen LogP contribution in [0.1, 0.15) is 90.1 Å². The van der Waals surface area contributed by atoms with Crippen LogP contribution in [0, 0.1) is 17.3 Å². The molecule has 3 aliphatic heterocycles. The number of esters is 1. The average Bonchev–Trinajstić information content (AvgIpc) is 3.91. The number of amides is 4. The normalized spacial score (nSPS) is 29.3. The molecule has 18 heteroatoms. The Morgan fingerprint density at radius 1 is 1.23 bits per heavy atom. The van der Waals surface area contributed by atoms with Gasteiger partial charge in [-0.25, -0.2) is 9.59 Å². The van der Waals surface area contributed by atoms with Crippen molar-refractivity contribution in [1.82, 2.24) is 15.5 Å². The van der Waals surface area contributed by atoms with Crippen molar-refractivity contribution in [3.63, 3.8) is 0 Å². The lowest BCUT2D eigenvalue weighted by molar-refractivity contribution is -0.163. The summed E-state index contributed by atoms with van der Waals surface area (Å²) in [4.78, 5) is 93.8. The molecule has 3 N–H and O–H groups in total. The molecule has 2 fully saturated rings. The van der Waals surface area contributed by atoms with Gasteiger partial charge in [0.2, 0.25) is 17.7 Å². The van der Waals surface area contributed by atoms with E-state index in [0.717, 1.165) is 5.57 Å². The molecule has 4 rings (SSSR count). The summed E-state index contributed by atoms with van der Waals surface area (Å²) in [6, 6.07) is 2.20. The Labute approximate surface area is 370 Å². The minimum atomic E-state index is -2.01. The molecule has 1 aromatic carbocycles. The van der Waals surface area contributed by atoms with Crippen LogP contribution in [0.2, 0.25) is 5.02 Å². The lowest BCUT2D eigenvalue weighted by Gasteiger charge is -2.41. The highest BCUT2D eigenvalue weighted by molar-refractivity contribution is 8.76. The van der Waals surface area contributed by atoms with E-state index in [2.05, 4.69) is 10.6 Å². The molecule has 1 unspecified atom stereocenters. The summed E-state index contributed by atoms with van der Waals surface area (Å²) in [5.41, 5.74) is -2.37. The van der Waals surface area contributed by atoms with Gasteiger partial charge in [0.1, 0.15) is 30.1 Å². The first-order valence-corrected chi connectivity index (χ1v) is 23.0. The predicted molar refractivity (Wildman–Crippen MR) is 235 cm³/mol. The van der Waals surface area contributed by atoms with Gasteiger partial charge in [-0.15, -0.1) is 0 Å². The zero-order valence-electron chi connectivity index (χ0n) is 36.4. The van der Waals surface area contributed by atoms with Gasteiger partial charge in [0.15, 0.2) is 12.0 Å². The number of ether oxygens (including phenoxy) is 3. The highest BCUT2D eigenvalue weighted by Crippen LogP contribution is 2.49. The van der Waals surface area contributed by atoms with E-state index in [9.17, 15) is 38.7 Å². The Hall–Kier alpha value is -3.90. The Balaban J connectivity index is 1.65. The number of rotatable bonds is 13. The van der Waals surface area contributed by atoms with Crippen molar-refractivity contribution >= 4 is 81.2 Å². The van der Waals surface area contributed by atoms with Crippen LogP contribution in [0.25, 0.3) is 0 Å². The minimum Gasteiger partial charge on any atom is -0.457 e. The number of aliphatic hydroxyl groups is 1. The fourth-order valence-electron chi connectivity index (χ4n) is 7.45. The zero-order valence-corrected chi connectivity index (χ0v) is 38.8. The van der Waals surface area contributed by atoms with E-state index in [1.54, 1.807) is 69.8 Å². The number of fused-ring (bicyclic) bond motifs is 5. The van der Waals surface area contributed by atoms with Crippen LogP contribution < -0.4 is 15.5 Å². The number of hydrogen-bond donors (Lipinski definition) is 3. The molecule has 0 aromatic heterocycles. The SMILES string of the molecule is CNC(=O)CCC(C)SSCC(C)(C)C(=O)N(C)[C@@H](C)C(=O)O[C@H]1CC(=O)N(C)c2cc(cc(C=O)c2Cl)C/C(C)=C/C=C/[C@@H](C=O)[C@@]2(O)C[C@H](OC(=O)N2)[C@@H](C)[C@@H]2O[C@@]12C. The summed E-state index contributed by atoms with van der Waals surface area (Å²) in [6.07, 6.45) is 2.81. The number of allylic oxidation sites excluding steroid dienone is 3. The maximum Gasteiger partial charge on any atom is 0.409 e. The molecule has 0 saturated carbocycles. The maximum absolute atomic E-state index is 14.2. The number of hydrogen-bond acceptors (Lipinski definition) is 13. The Kier molecular flexibility index (Phi) is 16.7. The monoisotopic (exact) mass is 906 g/mol. The number of nitrogens with one attached hydrogen (secondary N) is 2. The molecule has 61 heavy (non-hydrogen) atoms. The molecular formula is C43H59ClN4O11S2. The first-order chi connectivity index (χ1) is 28.5. The van der Waals surface area contributed by atoms with Crippen LogP contribution in [-0.2, 0) is 44.6 Å². The Bertz CT molecular complexity index is 1930. The summed E-state index contributed by atoms with van der Waals surface area (Å²) in [6.45, 7) is 12.3. The van der Waals surface area contributed by atoms with Crippen molar-refractivity contribution < 1.29 is 52.9 Å². The predicted octanol–water partition coefficient (Wildman–Crippen LogP) is 5.44. The molecule has 0 aliphatic carbocycles. The van der Waals surface area contributed by atoms with E-state index in [-0.39, 0.29) is 39.8 Å². The highest BCUT2D eigenvalue weighted by Gasteiger charge is 2.64. The van der Waals surface area contributed by atoms with Gasteiger partial charge in [0.25, 0.3) is 0 Å². The lowest BCUT2D eigenvalue weighted by atomic mass is 9.82. The fraction of sp³-hybridized carbons (Fsp3) is 0.605. The van der Waals surface area contributed by atoms with Crippen LogP contribution in [0.5, 0.6) is 0 Å². The third kappa shape index (κ3) is 12.0. The van der Waals surface area contributed by atoms with Crippen LogP contribution in [-0.4, -0.2) is 120 Å². The van der Waals surface area contributed by atoms with Crippen molar-refractivity contribution in [3.8, 4) is 0 Å². The molecule has 2 saturated heterocycles. The van der Waals surface area contributed by atoms with Crippen molar-refractivity contribution in [3.05, 3.63) is 52.1 Å². The third-order valence-corrected chi connectivity index (χ3v) is 15.4. The number of benzene rings is 1. The second-order valence-electron chi connectivity index (χ2n) is 17.1. The van der Waals surface area contributed by atoms with Gasteiger partial charge in [-0.05, 0) is 51.3 Å². The summed E-state index contributed by atoms with van der Waals surface area (Å²) in [7, 11) is 7.69. The van der Waals surface area contributed by atoms with Crippen molar-refractivity contribution in [1.29, 1.82) is 0 Å². The van der Waals surface area contributed by atoms with Gasteiger partial charge in [-0.2, -0.15) is 0 Å². The van der Waals surface area contributed by atoms with Gasteiger partial charge < -0.3 is 39.2 Å². The molecule has 4 bridgehead atoms. The topological polar surface area (TPSA) is 201 Å². The first kappa shape index (κ1) is 49.8. The number of alkyl carbamates (subject to hydrolysis) is 1. The standard InChI is InChI=1S/C43H59ClN4O11S2/c1-24-12-11-13-30(22-50)43(56)20-32(57-40(55)46-43)26(3)37-42(7,59-37)33(19-35(52)48(10)31-18-28(16-24)17-29(21-49)36(31)44)58-38(53)27(4)47(9)39(54)41(5,6)23-60-61-25(2)14-15-34(51)45-8/h11-13,17-18,21-22,25-27,30,32-33,37,56H,14-16,19-20,23H2,1-10H3,(H,45,51)(H,46,55)/b13-11+,24-12+/t25?,26-,27+,30+,32+,33+,37+,42+,43+/m1/s1. The summed E-state index contributed by atoms with van der Waals surface area (Å²) < 4.78 is 18.0. The molecule has 336 valence electrons. The van der Waals surface area contributed by atoms with Gasteiger partial charge in [-0.3, -0.25) is 24.5 Å². The second-order valence-corrected chi connectivity index (χ2v) is 20.3. The summed E-state index contributed by atoms with van der Waals surface area (Å²) in [5.74, 6) is -3.05. The zero-order chi connectivity index (χ0) is 45.6. The lowest BCUT2D eigenvalue weighted by Crippen LogP contribution is -2.61. The van der Waals surface area contributed by atoms with E-state index < -0.39 is 77.3 Å². The van der Waals surface area contributed by atoms with Gasteiger partial charge in [0, 0.05) is 56.5 Å². The molecule has 1 aromatic rings. The van der Waals surface area contributed by atoms with E-state index in [4.69, 9.17) is 25.8 Å². The number of aldehydes is 2. The maximum atomic E-state index is 14.2. The molecular weight excluding hydrogens is 848 g/mol. The third-order valence-electron chi connectivity index (χ3n) is 11.7. The molecule has 3 aliphatic rings. The van der Waals surface area contributed by atoms with Crippen LogP contribution >= 0.6 is 33.2 Å². The quantitative estimate of drug-likeness (QED) is 0.0979. The molecule has 9 atom stereocenters. The molecule has 0 radical (unpaired) electrons. The largest absolute Gasteiger partial charge is 0.457 e. The number of carbonyl (C=O) groups excluding carboxylic acids is 7. The van der Waals surface area contributed by atoms with E-state index in [0.29, 0.717) is 43.2 Å². The minimum absolute atomic E-state index is 0.0369. The molecule has 0 spiro atoms. The van der Waals surface area contributed by atoms with Gasteiger partial charge >= 0.3 is 12.1 Å². The fourth-order valence-corrected chi connectivity index (χ4v) is 10.7. The number of likely N-dealkylation sites (N-methyl/N-ethyl adjacent to an activating group) is 1. The summed E-state index contributed by atoms with van der Waals surface area (Å²) >= 11 is 6.68. The van der Waals surface area contributed by atoms with Crippen LogP contribution in [0.15, 0.2) is 35.9 Å². The first-order valence-electron chi connectivity index (χ1n) is 20.2.